The molecule has 1 saturated carbocycles. The normalized spacial score (nSPS) is 14.5. The Morgan fingerprint density at radius 3 is 2.75 bits per heavy atom. The molecule has 1 N–H and O–H groups in total. The second kappa shape index (κ2) is 5.63. The molecule has 1 aromatic heterocycles. The van der Waals surface area contributed by atoms with Crippen molar-refractivity contribution in [3.63, 3.8) is 0 Å². The van der Waals surface area contributed by atoms with Crippen LogP contribution in [-0.2, 0) is 13.2 Å². The van der Waals surface area contributed by atoms with Crippen LogP contribution in [0.25, 0.3) is 0 Å². The summed E-state index contributed by atoms with van der Waals surface area (Å²) < 4.78 is 37.1. The van der Waals surface area contributed by atoms with E-state index in [0.29, 0.717) is 18.3 Å². The lowest BCUT2D eigenvalue weighted by molar-refractivity contribution is 0.253. The zero-order valence-corrected chi connectivity index (χ0v) is 10.9. The van der Waals surface area contributed by atoms with Crippen LogP contribution in [-0.4, -0.2) is 6.04 Å². The average Bonchev–Trinajstić information content (AvgIpc) is 3.16. The summed E-state index contributed by atoms with van der Waals surface area (Å²) >= 11 is 0. The van der Waals surface area contributed by atoms with Gasteiger partial charge in [0.05, 0.1) is 6.54 Å². The Kier molecular flexibility index (Phi) is 3.69. The van der Waals surface area contributed by atoms with Crippen LogP contribution < -0.4 is 10.1 Å². The van der Waals surface area contributed by atoms with E-state index in [1.807, 2.05) is 6.07 Å². The van der Waals surface area contributed by atoms with Crippen LogP contribution in [0.3, 0.4) is 0 Å². The van der Waals surface area contributed by atoms with E-state index in [9.17, 15) is 8.78 Å². The Hall–Kier alpha value is -1.88. The van der Waals surface area contributed by atoms with Crippen LogP contribution in [0.4, 0.5) is 8.78 Å². The molecular formula is C15H15F2NO2. The summed E-state index contributed by atoms with van der Waals surface area (Å²) in [6.07, 6.45) is 2.44. The molecule has 106 valence electrons. The molecule has 0 saturated heterocycles. The van der Waals surface area contributed by atoms with E-state index >= 15 is 0 Å². The number of halogens is 2. The van der Waals surface area contributed by atoms with Crippen LogP contribution in [0.15, 0.2) is 34.7 Å². The molecule has 1 fully saturated rings. The maximum absolute atomic E-state index is 13.4. The zero-order chi connectivity index (χ0) is 13.9. The van der Waals surface area contributed by atoms with Gasteiger partial charge >= 0.3 is 0 Å². The summed E-state index contributed by atoms with van der Waals surface area (Å²) in [6, 6.07) is 7.36. The van der Waals surface area contributed by atoms with Gasteiger partial charge in [-0.05, 0) is 37.1 Å². The summed E-state index contributed by atoms with van der Waals surface area (Å²) in [7, 11) is 0. The smallest absolute Gasteiger partial charge is 0.165 e. The van der Waals surface area contributed by atoms with Crippen LogP contribution in [0.2, 0.25) is 0 Å². The number of benzene rings is 1. The second-order valence-electron chi connectivity index (χ2n) is 4.89. The van der Waals surface area contributed by atoms with Crippen molar-refractivity contribution in [1.29, 1.82) is 0 Å². The summed E-state index contributed by atoms with van der Waals surface area (Å²) in [4.78, 5) is 0. The third-order valence-corrected chi connectivity index (χ3v) is 3.12. The highest BCUT2D eigenvalue weighted by molar-refractivity contribution is 5.25. The average molecular weight is 279 g/mol. The van der Waals surface area contributed by atoms with Crippen LogP contribution in [0.5, 0.6) is 5.75 Å². The fourth-order valence-electron chi connectivity index (χ4n) is 1.86. The van der Waals surface area contributed by atoms with Crippen molar-refractivity contribution in [3.05, 3.63) is 53.5 Å². The first kappa shape index (κ1) is 13.1. The van der Waals surface area contributed by atoms with Gasteiger partial charge in [-0.3, -0.25) is 0 Å². The molecule has 0 bridgehead atoms. The molecule has 2 aromatic rings. The van der Waals surface area contributed by atoms with Crippen molar-refractivity contribution >= 4 is 0 Å². The van der Waals surface area contributed by atoms with Gasteiger partial charge in [-0.1, -0.05) is 0 Å². The van der Waals surface area contributed by atoms with Crippen molar-refractivity contribution in [2.45, 2.75) is 32.0 Å². The molecule has 0 amide bonds. The van der Waals surface area contributed by atoms with Crippen LogP contribution in [0, 0.1) is 11.6 Å². The minimum atomic E-state index is -0.589. The minimum absolute atomic E-state index is 0.0732. The molecule has 20 heavy (non-hydrogen) atoms. The van der Waals surface area contributed by atoms with E-state index in [1.54, 1.807) is 6.07 Å². The Bertz CT molecular complexity index is 593. The first-order valence-electron chi connectivity index (χ1n) is 6.59. The topological polar surface area (TPSA) is 34.4 Å². The number of hydrogen-bond donors (Lipinski definition) is 1. The Balaban J connectivity index is 1.55. The molecule has 1 aliphatic rings. The molecule has 0 atom stereocenters. The van der Waals surface area contributed by atoms with E-state index in [2.05, 4.69) is 5.32 Å². The minimum Gasteiger partial charge on any atom is -0.482 e. The van der Waals surface area contributed by atoms with Gasteiger partial charge < -0.3 is 14.5 Å². The Labute approximate surface area is 115 Å². The molecule has 5 heteroatoms. The van der Waals surface area contributed by atoms with Gasteiger partial charge in [0.1, 0.15) is 23.9 Å². The first-order chi connectivity index (χ1) is 9.70. The quantitative estimate of drug-likeness (QED) is 0.880. The predicted molar refractivity (Wildman–Crippen MR) is 69.3 cm³/mol. The molecule has 1 heterocycles. The van der Waals surface area contributed by atoms with Crippen LogP contribution in [0.1, 0.15) is 24.4 Å². The lowest BCUT2D eigenvalue weighted by Gasteiger charge is -2.05. The third kappa shape index (κ3) is 3.36. The molecule has 3 rings (SSSR count). The first-order valence-corrected chi connectivity index (χ1v) is 6.59. The number of ether oxygens (including phenoxy) is 1. The molecule has 0 spiro atoms. The Morgan fingerprint density at radius 1 is 1.15 bits per heavy atom. The number of furan rings is 1. The van der Waals surface area contributed by atoms with Gasteiger partial charge in [-0.25, -0.2) is 8.78 Å². The van der Waals surface area contributed by atoms with E-state index in [1.165, 1.54) is 12.8 Å². The zero-order valence-electron chi connectivity index (χ0n) is 10.9. The number of rotatable bonds is 6. The van der Waals surface area contributed by atoms with Crippen LogP contribution >= 0.6 is 0 Å². The third-order valence-electron chi connectivity index (χ3n) is 3.12. The van der Waals surface area contributed by atoms with E-state index in [4.69, 9.17) is 9.15 Å². The van der Waals surface area contributed by atoms with Crippen molar-refractivity contribution in [2.75, 3.05) is 0 Å². The predicted octanol–water partition coefficient (Wildman–Crippen LogP) is 3.39. The van der Waals surface area contributed by atoms with E-state index < -0.39 is 11.6 Å². The van der Waals surface area contributed by atoms with E-state index in [-0.39, 0.29) is 12.4 Å². The largest absolute Gasteiger partial charge is 0.482 e. The SMILES string of the molecule is Fc1ccc(F)c(OCc2ccc(CNC3CC3)o2)c1. The summed E-state index contributed by atoms with van der Waals surface area (Å²) in [5.74, 6) is 0.166. The highest BCUT2D eigenvalue weighted by atomic mass is 19.1. The van der Waals surface area contributed by atoms with Gasteiger partial charge in [0.2, 0.25) is 0 Å². The lowest BCUT2D eigenvalue weighted by Crippen LogP contribution is -2.14. The molecular weight excluding hydrogens is 264 g/mol. The second-order valence-corrected chi connectivity index (χ2v) is 4.89. The fourth-order valence-corrected chi connectivity index (χ4v) is 1.86. The summed E-state index contributed by atoms with van der Waals surface area (Å²) in [5, 5.41) is 3.33. The van der Waals surface area contributed by atoms with Gasteiger partial charge in [0.25, 0.3) is 0 Å². The van der Waals surface area contributed by atoms with Gasteiger partial charge in [0, 0.05) is 12.1 Å². The molecule has 1 aliphatic carbocycles. The maximum atomic E-state index is 13.4. The molecule has 0 unspecified atom stereocenters. The maximum Gasteiger partial charge on any atom is 0.165 e. The number of hydrogen-bond acceptors (Lipinski definition) is 3. The molecule has 0 aliphatic heterocycles. The van der Waals surface area contributed by atoms with Crippen molar-refractivity contribution in [2.24, 2.45) is 0 Å². The molecule has 0 radical (unpaired) electrons. The van der Waals surface area contributed by atoms with Crippen molar-refractivity contribution < 1.29 is 17.9 Å². The van der Waals surface area contributed by atoms with Crippen molar-refractivity contribution in [3.8, 4) is 5.75 Å². The van der Waals surface area contributed by atoms with Gasteiger partial charge in [-0.15, -0.1) is 0 Å². The standard InChI is InChI=1S/C15H15F2NO2/c16-10-1-6-14(17)15(7-10)19-9-13-5-4-12(20-13)8-18-11-2-3-11/h1,4-7,11,18H,2-3,8-9H2. The Morgan fingerprint density at radius 2 is 1.95 bits per heavy atom. The number of nitrogens with one attached hydrogen (secondary N) is 1. The molecule has 1 aromatic carbocycles. The van der Waals surface area contributed by atoms with Crippen molar-refractivity contribution in [1.82, 2.24) is 5.32 Å². The van der Waals surface area contributed by atoms with Gasteiger partial charge in [0.15, 0.2) is 11.6 Å². The summed E-state index contributed by atoms with van der Waals surface area (Å²) in [5.41, 5.74) is 0. The highest BCUT2D eigenvalue weighted by Gasteiger charge is 2.20. The lowest BCUT2D eigenvalue weighted by atomic mass is 10.3. The fraction of sp³-hybridized carbons (Fsp3) is 0.333. The highest BCUT2D eigenvalue weighted by Crippen LogP contribution is 2.21. The van der Waals surface area contributed by atoms with E-state index in [0.717, 1.165) is 24.0 Å². The summed E-state index contributed by atoms with van der Waals surface area (Å²) in [6.45, 7) is 0.753. The monoisotopic (exact) mass is 279 g/mol. The van der Waals surface area contributed by atoms with Gasteiger partial charge in [-0.2, -0.15) is 0 Å². The molecule has 3 nitrogen and oxygen atoms in total.